The third-order valence-corrected chi connectivity index (χ3v) is 4.51. The van der Waals surface area contributed by atoms with Crippen LogP contribution < -0.4 is 9.08 Å². The normalized spacial score (nSPS) is 10.7. The number of rotatable bonds is 4. The number of nitrogens with zero attached hydrogens (tertiary/aromatic N) is 1. The van der Waals surface area contributed by atoms with E-state index in [4.69, 9.17) is 4.18 Å². The van der Waals surface area contributed by atoms with Crippen LogP contribution in [-0.4, -0.2) is 5.11 Å². The molecule has 0 aliphatic carbocycles. The molecule has 0 saturated carbocycles. The maximum Gasteiger partial charge on any atom is 0.137 e. The highest BCUT2D eigenvalue weighted by Gasteiger charge is 2.13. The van der Waals surface area contributed by atoms with E-state index in [1.807, 2.05) is 48.5 Å². The number of benzene rings is 4. The Kier molecular flexibility index (Phi) is 4.42. The van der Waals surface area contributed by atoms with Gasteiger partial charge >= 0.3 is 0 Å². The minimum atomic E-state index is 0.242. The van der Waals surface area contributed by atoms with Crippen LogP contribution in [-0.2, 0) is 0 Å². The van der Waals surface area contributed by atoms with Gasteiger partial charge in [0.05, 0.1) is 0 Å². The van der Waals surface area contributed by atoms with Gasteiger partial charge < -0.3 is 14.2 Å². The van der Waals surface area contributed by atoms with Crippen molar-refractivity contribution in [3.05, 3.63) is 91.0 Å². The van der Waals surface area contributed by atoms with Crippen molar-refractivity contribution in [2.45, 2.75) is 0 Å². The minimum absolute atomic E-state index is 0.242. The fourth-order valence-electron chi connectivity index (χ4n) is 3.02. The van der Waals surface area contributed by atoms with Gasteiger partial charge in [-0.05, 0) is 71.4 Å². The van der Waals surface area contributed by atoms with Gasteiger partial charge in [0.2, 0.25) is 0 Å². The van der Waals surface area contributed by atoms with E-state index in [1.165, 1.54) is 10.8 Å². The molecule has 0 spiro atoms. The molecule has 4 aromatic rings. The molecule has 0 fully saturated rings. The van der Waals surface area contributed by atoms with Crippen LogP contribution in [0.15, 0.2) is 91.0 Å². The first-order valence-corrected chi connectivity index (χ1v) is 8.60. The van der Waals surface area contributed by atoms with Crippen molar-refractivity contribution in [3.63, 3.8) is 0 Å². The summed E-state index contributed by atoms with van der Waals surface area (Å²) in [6, 6.07) is 29.5. The molecule has 0 aromatic heterocycles. The lowest BCUT2D eigenvalue weighted by Gasteiger charge is -2.26. The van der Waals surface area contributed by atoms with Crippen LogP contribution in [0.3, 0.4) is 0 Å². The van der Waals surface area contributed by atoms with E-state index in [2.05, 4.69) is 48.1 Å². The lowest BCUT2D eigenvalue weighted by molar-refractivity contribution is 0.475. The minimum Gasteiger partial charge on any atom is -0.508 e. The Morgan fingerprint density at radius 1 is 0.654 bits per heavy atom. The summed E-state index contributed by atoms with van der Waals surface area (Å²) in [6.45, 7) is 0. The highest BCUT2D eigenvalue weighted by Crippen LogP contribution is 2.37. The maximum atomic E-state index is 9.65. The molecule has 0 unspecified atom stereocenters. The van der Waals surface area contributed by atoms with Gasteiger partial charge in [-0.2, -0.15) is 0 Å². The van der Waals surface area contributed by atoms with Crippen LogP contribution in [0.25, 0.3) is 10.8 Å². The average Bonchev–Trinajstić information content (AvgIpc) is 2.70. The predicted octanol–water partition coefficient (Wildman–Crippen LogP) is 6.24. The lowest BCUT2D eigenvalue weighted by Crippen LogP contribution is -2.09. The van der Waals surface area contributed by atoms with Gasteiger partial charge in [-0.3, -0.25) is 0 Å². The number of fused-ring (bicyclic) bond motifs is 1. The highest BCUT2D eigenvalue weighted by molar-refractivity contribution is 7.75. The van der Waals surface area contributed by atoms with Crippen LogP contribution in [0.4, 0.5) is 17.1 Å². The number of aromatic hydroxyl groups is 1. The molecule has 128 valence electrons. The van der Waals surface area contributed by atoms with E-state index in [-0.39, 0.29) is 5.75 Å². The summed E-state index contributed by atoms with van der Waals surface area (Å²) in [6.07, 6.45) is 0. The van der Waals surface area contributed by atoms with Gasteiger partial charge in [-0.25, -0.2) is 0 Å². The van der Waals surface area contributed by atoms with Crippen molar-refractivity contribution in [1.29, 1.82) is 0 Å². The fourth-order valence-corrected chi connectivity index (χ4v) is 3.14. The molecule has 4 aromatic carbocycles. The summed E-state index contributed by atoms with van der Waals surface area (Å²) in [7, 11) is 0. The smallest absolute Gasteiger partial charge is 0.137 e. The topological polar surface area (TPSA) is 32.7 Å². The number of anilines is 3. The van der Waals surface area contributed by atoms with Crippen LogP contribution in [0.2, 0.25) is 0 Å². The Bertz CT molecular complexity index is 1030. The molecule has 0 radical (unpaired) electrons. The van der Waals surface area contributed by atoms with Crippen molar-refractivity contribution >= 4 is 40.7 Å². The third-order valence-electron chi connectivity index (χ3n) is 4.30. The zero-order valence-electron chi connectivity index (χ0n) is 13.9. The quantitative estimate of drug-likeness (QED) is 0.334. The predicted molar refractivity (Wildman–Crippen MR) is 110 cm³/mol. The lowest BCUT2D eigenvalue weighted by atomic mass is 10.1. The number of thiol groups is 1. The average molecular weight is 359 g/mol. The second kappa shape index (κ2) is 7.02. The first-order chi connectivity index (χ1) is 12.7. The van der Waals surface area contributed by atoms with Gasteiger partial charge in [-0.15, -0.1) is 0 Å². The van der Waals surface area contributed by atoms with Crippen LogP contribution >= 0.6 is 12.9 Å². The molecular formula is C22H17NO2S. The zero-order chi connectivity index (χ0) is 17.9. The van der Waals surface area contributed by atoms with Gasteiger partial charge in [0.15, 0.2) is 0 Å². The molecule has 0 saturated heterocycles. The Balaban J connectivity index is 1.86. The Morgan fingerprint density at radius 3 is 1.88 bits per heavy atom. The summed E-state index contributed by atoms with van der Waals surface area (Å²) in [5.74, 6) is 0.923. The summed E-state index contributed by atoms with van der Waals surface area (Å²) >= 11 is 3.85. The summed E-state index contributed by atoms with van der Waals surface area (Å²) in [4.78, 5) is 2.13. The molecule has 0 amide bonds. The molecule has 4 rings (SSSR count). The van der Waals surface area contributed by atoms with Crippen molar-refractivity contribution in [2.75, 3.05) is 4.90 Å². The molecular weight excluding hydrogens is 342 g/mol. The van der Waals surface area contributed by atoms with Gasteiger partial charge in [0.1, 0.15) is 11.5 Å². The van der Waals surface area contributed by atoms with E-state index >= 15 is 0 Å². The number of hydrogen-bond acceptors (Lipinski definition) is 4. The number of phenols is 1. The molecule has 0 atom stereocenters. The van der Waals surface area contributed by atoms with Crippen molar-refractivity contribution in [3.8, 4) is 11.5 Å². The number of phenolic OH excluding ortho intramolecular Hbond substituents is 1. The zero-order valence-corrected chi connectivity index (χ0v) is 14.8. The molecule has 0 heterocycles. The first-order valence-electron chi connectivity index (χ1n) is 8.24. The van der Waals surface area contributed by atoms with E-state index in [1.54, 1.807) is 12.1 Å². The molecule has 0 aliphatic rings. The second-order valence-electron chi connectivity index (χ2n) is 5.97. The molecule has 3 nitrogen and oxygen atoms in total. The first kappa shape index (κ1) is 16.4. The van der Waals surface area contributed by atoms with Crippen LogP contribution in [0.1, 0.15) is 0 Å². The molecule has 1 N–H and O–H groups in total. The standard InChI is InChI=1S/C22H17NO2S/c24-21-11-7-18(8-12-21)23(19-9-13-22(25-26)14-10-19)20-6-5-16-3-1-2-4-17(16)15-20/h1-15,24,26H. The van der Waals surface area contributed by atoms with Crippen LogP contribution in [0.5, 0.6) is 11.5 Å². The van der Waals surface area contributed by atoms with Gasteiger partial charge in [-0.1, -0.05) is 30.3 Å². The molecule has 26 heavy (non-hydrogen) atoms. The summed E-state index contributed by atoms with van der Waals surface area (Å²) in [5, 5.41) is 12.0. The van der Waals surface area contributed by atoms with Crippen molar-refractivity contribution in [2.24, 2.45) is 0 Å². The fraction of sp³-hybridized carbons (Fsp3) is 0. The summed E-state index contributed by atoms with van der Waals surface area (Å²) in [5.41, 5.74) is 2.98. The van der Waals surface area contributed by atoms with E-state index in [9.17, 15) is 5.11 Å². The van der Waals surface area contributed by atoms with E-state index in [0.717, 1.165) is 17.1 Å². The van der Waals surface area contributed by atoms with Gasteiger partial charge in [0.25, 0.3) is 0 Å². The molecule has 4 heteroatoms. The molecule has 0 bridgehead atoms. The van der Waals surface area contributed by atoms with Crippen LogP contribution in [0, 0.1) is 0 Å². The Hall–Kier alpha value is -3.11. The van der Waals surface area contributed by atoms with E-state index < -0.39 is 0 Å². The highest BCUT2D eigenvalue weighted by atomic mass is 32.1. The Labute approximate surface area is 157 Å². The largest absolute Gasteiger partial charge is 0.508 e. The van der Waals surface area contributed by atoms with E-state index in [0.29, 0.717) is 5.75 Å². The van der Waals surface area contributed by atoms with Crippen molar-refractivity contribution < 1.29 is 9.29 Å². The Morgan fingerprint density at radius 2 is 1.23 bits per heavy atom. The monoisotopic (exact) mass is 359 g/mol. The maximum absolute atomic E-state index is 9.65. The second-order valence-corrected chi connectivity index (χ2v) is 6.15. The van der Waals surface area contributed by atoms with Crippen molar-refractivity contribution in [1.82, 2.24) is 0 Å². The summed E-state index contributed by atoms with van der Waals surface area (Å²) < 4.78 is 4.98. The number of hydrogen-bond donors (Lipinski definition) is 2. The SMILES string of the molecule is Oc1ccc(N(c2ccc(OS)cc2)c2ccc3ccccc3c2)cc1. The van der Waals surface area contributed by atoms with Gasteiger partial charge in [0, 0.05) is 30.0 Å². The third kappa shape index (κ3) is 3.19. The molecule has 0 aliphatic heterocycles.